The minimum atomic E-state index is 0.0445. The summed E-state index contributed by atoms with van der Waals surface area (Å²) in [6.07, 6.45) is 2.18. The van der Waals surface area contributed by atoms with E-state index in [-0.39, 0.29) is 11.3 Å². The third-order valence-corrected chi connectivity index (χ3v) is 5.61. The van der Waals surface area contributed by atoms with Gasteiger partial charge in [0.2, 0.25) is 0 Å². The van der Waals surface area contributed by atoms with E-state index in [1.54, 1.807) is 0 Å². The lowest BCUT2D eigenvalue weighted by molar-refractivity contribution is 0.0655. The standard InChI is InChI=1S/C18H22N2OS/c1-13-16(22-14(2)19-13)17(21)20-11-7-10-18(3,12-20)15-8-5-4-6-9-15/h4-6,8-9H,7,10-12H2,1-3H3/t18-/m1/s1. The van der Waals surface area contributed by atoms with Gasteiger partial charge >= 0.3 is 0 Å². The molecule has 1 aromatic heterocycles. The van der Waals surface area contributed by atoms with Gasteiger partial charge in [-0.1, -0.05) is 37.3 Å². The summed E-state index contributed by atoms with van der Waals surface area (Å²) in [7, 11) is 0. The number of aromatic nitrogens is 1. The Hall–Kier alpha value is -1.68. The van der Waals surface area contributed by atoms with Crippen molar-refractivity contribution in [2.24, 2.45) is 0 Å². The minimum absolute atomic E-state index is 0.0445. The van der Waals surface area contributed by atoms with Crippen LogP contribution in [-0.2, 0) is 5.41 Å². The Morgan fingerprint density at radius 2 is 2.00 bits per heavy atom. The third-order valence-electron chi connectivity index (χ3n) is 4.55. The molecule has 2 heterocycles. The molecule has 2 aromatic rings. The molecule has 4 heteroatoms. The molecule has 0 spiro atoms. The number of thiazole rings is 1. The molecule has 1 aromatic carbocycles. The van der Waals surface area contributed by atoms with Gasteiger partial charge < -0.3 is 4.90 Å². The second-order valence-electron chi connectivity index (χ2n) is 6.40. The van der Waals surface area contributed by atoms with Crippen LogP contribution in [0.5, 0.6) is 0 Å². The van der Waals surface area contributed by atoms with Gasteiger partial charge in [-0.2, -0.15) is 0 Å². The SMILES string of the molecule is Cc1nc(C)c(C(=O)N2CCC[C@@](C)(c3ccccc3)C2)s1. The Morgan fingerprint density at radius 3 is 2.64 bits per heavy atom. The fraction of sp³-hybridized carbons (Fsp3) is 0.444. The molecule has 3 rings (SSSR count). The van der Waals surface area contributed by atoms with Gasteiger partial charge in [-0.3, -0.25) is 4.79 Å². The molecule has 0 unspecified atom stereocenters. The van der Waals surface area contributed by atoms with Crippen molar-refractivity contribution in [2.45, 2.75) is 39.0 Å². The molecule has 1 aliphatic heterocycles. The van der Waals surface area contributed by atoms with Gasteiger partial charge in [0.05, 0.1) is 10.7 Å². The molecule has 1 saturated heterocycles. The molecule has 22 heavy (non-hydrogen) atoms. The first kappa shape index (κ1) is 15.2. The predicted octanol–water partition coefficient (Wildman–Crippen LogP) is 3.95. The molecule has 116 valence electrons. The third kappa shape index (κ3) is 2.80. The van der Waals surface area contributed by atoms with Crippen molar-refractivity contribution in [3.63, 3.8) is 0 Å². The van der Waals surface area contributed by atoms with Crippen LogP contribution in [0, 0.1) is 13.8 Å². The van der Waals surface area contributed by atoms with E-state index in [0.29, 0.717) is 0 Å². The first-order chi connectivity index (χ1) is 10.5. The van der Waals surface area contributed by atoms with Crippen LogP contribution in [0.25, 0.3) is 0 Å². The van der Waals surface area contributed by atoms with Crippen molar-refractivity contribution in [2.75, 3.05) is 13.1 Å². The van der Waals surface area contributed by atoms with Crippen molar-refractivity contribution >= 4 is 17.2 Å². The van der Waals surface area contributed by atoms with Crippen molar-refractivity contribution in [3.05, 3.63) is 51.5 Å². The zero-order valence-corrected chi connectivity index (χ0v) is 14.2. The van der Waals surface area contributed by atoms with Crippen LogP contribution in [0.1, 0.15) is 45.7 Å². The highest BCUT2D eigenvalue weighted by atomic mass is 32.1. The molecular formula is C18H22N2OS. The summed E-state index contributed by atoms with van der Waals surface area (Å²) in [6, 6.07) is 10.6. The molecule has 0 aliphatic carbocycles. The van der Waals surface area contributed by atoms with Crippen LogP contribution in [-0.4, -0.2) is 28.9 Å². The summed E-state index contributed by atoms with van der Waals surface area (Å²) >= 11 is 1.51. The number of carbonyl (C=O) groups excluding carboxylic acids is 1. The number of aryl methyl sites for hydroxylation is 2. The second-order valence-corrected chi connectivity index (χ2v) is 7.61. The molecular weight excluding hydrogens is 292 g/mol. The summed E-state index contributed by atoms with van der Waals surface area (Å²) in [5, 5.41) is 0.962. The monoisotopic (exact) mass is 314 g/mol. The highest BCUT2D eigenvalue weighted by molar-refractivity contribution is 7.13. The molecule has 0 bridgehead atoms. The number of rotatable bonds is 2. The number of amides is 1. The van der Waals surface area contributed by atoms with Crippen LogP contribution in [0.2, 0.25) is 0 Å². The molecule has 0 N–H and O–H groups in total. The van der Waals surface area contributed by atoms with E-state index < -0.39 is 0 Å². The number of piperidine rings is 1. The Kier molecular flexibility index (Phi) is 4.04. The van der Waals surface area contributed by atoms with Gasteiger partial charge in [0, 0.05) is 18.5 Å². The molecule has 3 nitrogen and oxygen atoms in total. The number of likely N-dealkylation sites (tertiary alicyclic amines) is 1. The number of nitrogens with zero attached hydrogens (tertiary/aromatic N) is 2. The normalized spacial score (nSPS) is 21.9. The molecule has 0 radical (unpaired) electrons. The van der Waals surface area contributed by atoms with Crippen LogP contribution < -0.4 is 0 Å². The van der Waals surface area contributed by atoms with Gasteiger partial charge in [-0.25, -0.2) is 4.98 Å². The summed E-state index contributed by atoms with van der Waals surface area (Å²) < 4.78 is 0. The predicted molar refractivity (Wildman–Crippen MR) is 90.5 cm³/mol. The number of carbonyl (C=O) groups is 1. The quantitative estimate of drug-likeness (QED) is 0.841. The average molecular weight is 314 g/mol. The zero-order chi connectivity index (χ0) is 15.7. The van der Waals surface area contributed by atoms with Gasteiger partial charge in [-0.15, -0.1) is 11.3 Å². The Balaban J connectivity index is 1.84. The van der Waals surface area contributed by atoms with E-state index in [0.717, 1.165) is 41.5 Å². The highest BCUT2D eigenvalue weighted by Crippen LogP contribution is 2.34. The molecule has 0 saturated carbocycles. The second kappa shape index (κ2) is 5.84. The maximum atomic E-state index is 12.8. The maximum absolute atomic E-state index is 12.8. The van der Waals surface area contributed by atoms with Gasteiger partial charge in [0.25, 0.3) is 5.91 Å². The van der Waals surface area contributed by atoms with Crippen LogP contribution in [0.3, 0.4) is 0 Å². The van der Waals surface area contributed by atoms with Crippen LogP contribution in [0.15, 0.2) is 30.3 Å². The Labute approximate surface area is 136 Å². The fourth-order valence-corrected chi connectivity index (χ4v) is 4.25. The lowest BCUT2D eigenvalue weighted by Gasteiger charge is -2.41. The molecule has 1 amide bonds. The first-order valence-corrected chi connectivity index (χ1v) is 8.60. The van der Waals surface area contributed by atoms with Crippen molar-refractivity contribution in [3.8, 4) is 0 Å². The molecule has 1 aliphatic rings. The van der Waals surface area contributed by atoms with Crippen LogP contribution >= 0.6 is 11.3 Å². The highest BCUT2D eigenvalue weighted by Gasteiger charge is 2.35. The molecule has 1 fully saturated rings. The summed E-state index contributed by atoms with van der Waals surface area (Å²) in [5.74, 6) is 0.143. The van der Waals surface area contributed by atoms with E-state index in [9.17, 15) is 4.79 Å². The average Bonchev–Trinajstić information content (AvgIpc) is 2.86. The summed E-state index contributed by atoms with van der Waals surface area (Å²) in [4.78, 5) is 20.1. The van der Waals surface area contributed by atoms with Crippen molar-refractivity contribution in [1.29, 1.82) is 0 Å². The largest absolute Gasteiger partial charge is 0.337 e. The number of hydrogen-bond donors (Lipinski definition) is 0. The number of benzene rings is 1. The van der Waals surface area contributed by atoms with E-state index in [2.05, 4.69) is 36.2 Å². The van der Waals surface area contributed by atoms with Gasteiger partial charge in [0.15, 0.2) is 0 Å². The first-order valence-electron chi connectivity index (χ1n) is 7.78. The smallest absolute Gasteiger partial charge is 0.265 e. The summed E-state index contributed by atoms with van der Waals surface area (Å²) in [5.41, 5.74) is 2.23. The lowest BCUT2D eigenvalue weighted by Crippen LogP contribution is -2.47. The van der Waals surface area contributed by atoms with Crippen LogP contribution in [0.4, 0.5) is 0 Å². The Morgan fingerprint density at radius 1 is 1.27 bits per heavy atom. The zero-order valence-electron chi connectivity index (χ0n) is 13.4. The van der Waals surface area contributed by atoms with Gasteiger partial charge in [-0.05, 0) is 32.3 Å². The van der Waals surface area contributed by atoms with E-state index in [1.807, 2.05) is 24.8 Å². The Bertz CT molecular complexity index is 680. The molecule has 1 atom stereocenters. The van der Waals surface area contributed by atoms with E-state index in [4.69, 9.17) is 0 Å². The fourth-order valence-electron chi connectivity index (χ4n) is 3.36. The number of hydrogen-bond acceptors (Lipinski definition) is 3. The van der Waals surface area contributed by atoms with Crippen molar-refractivity contribution in [1.82, 2.24) is 9.88 Å². The van der Waals surface area contributed by atoms with Gasteiger partial charge in [0.1, 0.15) is 4.88 Å². The topological polar surface area (TPSA) is 33.2 Å². The maximum Gasteiger partial charge on any atom is 0.265 e. The van der Waals surface area contributed by atoms with E-state index >= 15 is 0 Å². The van der Waals surface area contributed by atoms with Crippen molar-refractivity contribution < 1.29 is 4.79 Å². The minimum Gasteiger partial charge on any atom is -0.337 e. The van der Waals surface area contributed by atoms with E-state index in [1.165, 1.54) is 16.9 Å². The lowest BCUT2D eigenvalue weighted by atomic mass is 9.76. The summed E-state index contributed by atoms with van der Waals surface area (Å²) in [6.45, 7) is 7.78.